The lowest BCUT2D eigenvalue weighted by Gasteiger charge is -2.14. The number of hydrogen-bond donors (Lipinski definition) is 1. The summed E-state index contributed by atoms with van der Waals surface area (Å²) < 4.78 is 10.7. The predicted molar refractivity (Wildman–Crippen MR) is 97.1 cm³/mol. The molecule has 0 saturated carbocycles. The quantitative estimate of drug-likeness (QED) is 0.576. The molecule has 5 nitrogen and oxygen atoms in total. The molecule has 7 heteroatoms. The van der Waals surface area contributed by atoms with Gasteiger partial charge in [0, 0.05) is 11.8 Å². The number of nitrogens with one attached hydrogen (secondary N) is 1. The second-order valence-corrected chi connectivity index (χ2v) is 6.36. The summed E-state index contributed by atoms with van der Waals surface area (Å²) in [5.74, 6) is -0.296. The van der Waals surface area contributed by atoms with Gasteiger partial charge in [0.2, 0.25) is 5.78 Å². The van der Waals surface area contributed by atoms with Crippen molar-refractivity contribution in [2.24, 2.45) is 0 Å². The Bertz CT molecular complexity index is 814. The first-order valence-electron chi connectivity index (χ1n) is 7.78. The summed E-state index contributed by atoms with van der Waals surface area (Å²) in [7, 11) is 0. The number of benzene rings is 1. The summed E-state index contributed by atoms with van der Waals surface area (Å²) in [6, 6.07) is 4.78. The molecule has 0 unspecified atom stereocenters. The van der Waals surface area contributed by atoms with Gasteiger partial charge in [0.1, 0.15) is 5.75 Å². The Kier molecular flexibility index (Phi) is 6.14. The molecule has 2 aromatic rings. The fourth-order valence-corrected chi connectivity index (χ4v) is 2.81. The molecule has 1 aromatic carbocycles. The smallest absolute Gasteiger partial charge is 0.340 e. The van der Waals surface area contributed by atoms with Crippen LogP contribution in [0, 0.1) is 13.8 Å². The van der Waals surface area contributed by atoms with Gasteiger partial charge in [-0.2, -0.15) is 0 Å². The highest BCUT2D eigenvalue weighted by atomic mass is 35.5. The summed E-state index contributed by atoms with van der Waals surface area (Å²) in [6.07, 6.45) is -0.774. The van der Waals surface area contributed by atoms with E-state index in [-0.39, 0.29) is 12.4 Å². The fraction of sp³-hybridized carbons (Fsp3) is 0.333. The Morgan fingerprint density at radius 1 is 1.20 bits per heavy atom. The van der Waals surface area contributed by atoms with Crippen molar-refractivity contribution in [3.63, 3.8) is 0 Å². The average Bonchev–Trinajstić information content (AvgIpc) is 2.85. The Morgan fingerprint density at radius 3 is 2.48 bits per heavy atom. The van der Waals surface area contributed by atoms with Crippen LogP contribution in [-0.2, 0) is 4.74 Å². The van der Waals surface area contributed by atoms with Crippen LogP contribution in [0.25, 0.3) is 0 Å². The van der Waals surface area contributed by atoms with E-state index < -0.39 is 12.1 Å². The van der Waals surface area contributed by atoms with Crippen LogP contribution in [0.4, 0.5) is 0 Å². The number of H-pyrrole nitrogens is 1. The van der Waals surface area contributed by atoms with Crippen LogP contribution in [0.15, 0.2) is 18.2 Å². The van der Waals surface area contributed by atoms with Crippen LogP contribution >= 0.6 is 23.2 Å². The van der Waals surface area contributed by atoms with Crippen molar-refractivity contribution >= 4 is 35.0 Å². The van der Waals surface area contributed by atoms with Gasteiger partial charge in [-0.05, 0) is 45.4 Å². The van der Waals surface area contributed by atoms with Gasteiger partial charge in [0.05, 0.1) is 27.9 Å². The molecule has 0 radical (unpaired) electrons. The number of carbonyl (C=O) groups excluding carboxylic acids is 2. The van der Waals surface area contributed by atoms with Crippen molar-refractivity contribution < 1.29 is 19.1 Å². The Hall–Kier alpha value is -1.98. The Morgan fingerprint density at radius 2 is 1.88 bits per heavy atom. The van der Waals surface area contributed by atoms with Crippen molar-refractivity contribution in [3.8, 4) is 5.75 Å². The largest absolute Gasteiger partial charge is 0.482 e. The molecule has 0 amide bonds. The van der Waals surface area contributed by atoms with Crippen LogP contribution in [0.3, 0.4) is 0 Å². The molecule has 0 aliphatic carbocycles. The standard InChI is InChI=1S/C18H19Cl2NO4/c1-5-24-18(23)15-9(2)16(21-10(15)3)17(22)11(4)25-12-6-7-13(19)14(20)8-12/h6-8,11,21H,5H2,1-4H3/t11-/m0/s1. The highest BCUT2D eigenvalue weighted by Gasteiger charge is 2.26. The molecular formula is C18H19Cl2NO4. The maximum absolute atomic E-state index is 12.7. The number of rotatable bonds is 6. The lowest BCUT2D eigenvalue weighted by molar-refractivity contribution is 0.0525. The van der Waals surface area contributed by atoms with Crippen molar-refractivity contribution in [1.29, 1.82) is 0 Å². The number of ketones is 1. The lowest BCUT2D eigenvalue weighted by atomic mass is 10.1. The molecule has 134 valence electrons. The zero-order chi connectivity index (χ0) is 18.7. The number of ether oxygens (including phenoxy) is 2. The van der Waals surface area contributed by atoms with Crippen molar-refractivity contribution in [2.75, 3.05) is 6.61 Å². The molecule has 0 aliphatic rings. The first-order chi connectivity index (χ1) is 11.8. The summed E-state index contributed by atoms with van der Waals surface area (Å²) >= 11 is 11.8. The minimum Gasteiger partial charge on any atom is -0.482 e. The number of Topliss-reactive ketones (excluding diaryl/α,β-unsaturated/α-hetero) is 1. The zero-order valence-corrected chi connectivity index (χ0v) is 15.9. The summed E-state index contributed by atoms with van der Waals surface area (Å²) in [5.41, 5.74) is 1.84. The summed E-state index contributed by atoms with van der Waals surface area (Å²) in [5, 5.41) is 0.748. The number of halogens is 2. The van der Waals surface area contributed by atoms with Gasteiger partial charge in [-0.25, -0.2) is 4.79 Å². The van der Waals surface area contributed by atoms with E-state index in [1.807, 2.05) is 0 Å². The van der Waals surface area contributed by atoms with E-state index in [1.165, 1.54) is 0 Å². The number of hydrogen-bond acceptors (Lipinski definition) is 4. The minimum absolute atomic E-state index is 0.267. The van der Waals surface area contributed by atoms with Gasteiger partial charge in [-0.15, -0.1) is 0 Å². The molecule has 2 rings (SSSR count). The van der Waals surface area contributed by atoms with Gasteiger partial charge < -0.3 is 14.5 Å². The van der Waals surface area contributed by atoms with E-state index >= 15 is 0 Å². The third kappa shape index (κ3) is 4.17. The number of aromatic nitrogens is 1. The van der Waals surface area contributed by atoms with Gasteiger partial charge >= 0.3 is 5.97 Å². The number of aromatic amines is 1. The highest BCUT2D eigenvalue weighted by molar-refractivity contribution is 6.42. The second kappa shape index (κ2) is 7.93. The maximum atomic E-state index is 12.7. The maximum Gasteiger partial charge on any atom is 0.340 e. The Labute approximate surface area is 156 Å². The van der Waals surface area contributed by atoms with Crippen LogP contribution in [0.2, 0.25) is 10.0 Å². The molecule has 0 aliphatic heterocycles. The molecule has 25 heavy (non-hydrogen) atoms. The molecule has 0 saturated heterocycles. The third-order valence-corrected chi connectivity index (χ3v) is 4.48. The molecule has 0 bridgehead atoms. The van der Waals surface area contributed by atoms with Gasteiger partial charge in [0.15, 0.2) is 6.10 Å². The molecule has 1 atom stereocenters. The van der Waals surface area contributed by atoms with Crippen molar-refractivity contribution in [2.45, 2.75) is 33.8 Å². The van der Waals surface area contributed by atoms with Crippen LogP contribution < -0.4 is 4.74 Å². The average molecular weight is 384 g/mol. The summed E-state index contributed by atoms with van der Waals surface area (Å²) in [6.45, 7) is 7.05. The van der Waals surface area contributed by atoms with Gasteiger partial charge in [-0.1, -0.05) is 23.2 Å². The topological polar surface area (TPSA) is 68.4 Å². The minimum atomic E-state index is -0.774. The number of aryl methyl sites for hydroxylation is 1. The van der Waals surface area contributed by atoms with Crippen molar-refractivity contribution in [3.05, 3.63) is 50.8 Å². The zero-order valence-electron chi connectivity index (χ0n) is 14.4. The first kappa shape index (κ1) is 19.3. The third-order valence-electron chi connectivity index (χ3n) is 3.74. The normalized spacial score (nSPS) is 11.9. The van der Waals surface area contributed by atoms with Gasteiger partial charge in [-0.3, -0.25) is 4.79 Å². The molecule has 1 N–H and O–H groups in total. The van der Waals surface area contributed by atoms with Crippen LogP contribution in [-0.4, -0.2) is 29.4 Å². The number of esters is 1. The molecule has 0 spiro atoms. The van der Waals surface area contributed by atoms with E-state index in [1.54, 1.807) is 45.9 Å². The molecular weight excluding hydrogens is 365 g/mol. The van der Waals surface area contributed by atoms with Gasteiger partial charge in [0.25, 0.3) is 0 Å². The lowest BCUT2D eigenvalue weighted by Crippen LogP contribution is -2.25. The van der Waals surface area contributed by atoms with E-state index in [0.717, 1.165) is 0 Å². The predicted octanol–water partition coefficient (Wildman–Crippen LogP) is 4.77. The van der Waals surface area contributed by atoms with E-state index in [2.05, 4.69) is 4.98 Å². The van der Waals surface area contributed by atoms with Crippen molar-refractivity contribution in [1.82, 2.24) is 4.98 Å². The Balaban J connectivity index is 2.23. The second-order valence-electron chi connectivity index (χ2n) is 5.55. The van der Waals surface area contributed by atoms with E-state index in [0.29, 0.717) is 38.3 Å². The molecule has 0 fully saturated rings. The summed E-state index contributed by atoms with van der Waals surface area (Å²) in [4.78, 5) is 27.7. The van der Waals surface area contributed by atoms with Crippen LogP contribution in [0.5, 0.6) is 5.75 Å². The molecule has 1 aromatic heterocycles. The van der Waals surface area contributed by atoms with E-state index in [9.17, 15) is 9.59 Å². The first-order valence-corrected chi connectivity index (χ1v) is 8.54. The number of carbonyl (C=O) groups is 2. The SMILES string of the molecule is CCOC(=O)c1c(C)[nH]c(C(=O)[C@H](C)Oc2ccc(Cl)c(Cl)c2)c1C. The fourth-order valence-electron chi connectivity index (χ4n) is 2.52. The van der Waals surface area contributed by atoms with Crippen LogP contribution in [0.1, 0.15) is 46.0 Å². The highest BCUT2D eigenvalue weighted by Crippen LogP contribution is 2.27. The van der Waals surface area contributed by atoms with E-state index in [4.69, 9.17) is 32.7 Å². The molecule has 1 heterocycles. The monoisotopic (exact) mass is 383 g/mol.